The average molecular weight is 302 g/mol. The fourth-order valence-electron chi connectivity index (χ4n) is 1.94. The van der Waals surface area contributed by atoms with E-state index in [0.717, 1.165) is 32.1 Å². The molecule has 0 radical (unpaired) electrons. The molecule has 0 spiro atoms. The van der Waals surface area contributed by atoms with Crippen molar-refractivity contribution in [3.8, 4) is 0 Å². The van der Waals surface area contributed by atoms with E-state index in [1.54, 1.807) is 0 Å². The van der Waals surface area contributed by atoms with Crippen LogP contribution in [0, 0.1) is 0 Å². The Kier molecular flexibility index (Phi) is 14.0. The molecule has 0 heterocycles. The molecule has 0 saturated carbocycles. The Labute approximate surface area is 122 Å². The van der Waals surface area contributed by atoms with Gasteiger partial charge in [0, 0.05) is 16.6 Å². The van der Waals surface area contributed by atoms with Crippen LogP contribution >= 0.6 is 34.8 Å². The van der Waals surface area contributed by atoms with Crippen molar-refractivity contribution in [3.63, 3.8) is 0 Å². The molecule has 17 heavy (non-hydrogen) atoms. The number of halogens is 3. The molecular weight excluding hydrogens is 275 g/mol. The van der Waals surface area contributed by atoms with Crippen molar-refractivity contribution in [2.75, 3.05) is 5.88 Å². The summed E-state index contributed by atoms with van der Waals surface area (Å²) in [7, 11) is 0. The first kappa shape index (κ1) is 17.9. The van der Waals surface area contributed by atoms with Gasteiger partial charge in [-0.1, -0.05) is 45.4 Å². The molecule has 0 rings (SSSR count). The summed E-state index contributed by atoms with van der Waals surface area (Å²) in [6, 6.07) is 0. The quantitative estimate of drug-likeness (QED) is 0.290. The first-order valence-electron chi connectivity index (χ1n) is 7.04. The number of hydrogen-bond donors (Lipinski definition) is 0. The standard InChI is InChI=1S/C14H27Cl3/c1-2-3-4-5-6-8-13(16)9-7-10-14(17)11-12-15/h13-14H,2-12H2,1H3. The van der Waals surface area contributed by atoms with Crippen LogP contribution in [0.15, 0.2) is 0 Å². The van der Waals surface area contributed by atoms with E-state index in [4.69, 9.17) is 34.8 Å². The van der Waals surface area contributed by atoms with E-state index in [9.17, 15) is 0 Å². The zero-order chi connectivity index (χ0) is 12.9. The molecule has 0 aliphatic heterocycles. The van der Waals surface area contributed by atoms with Gasteiger partial charge in [0.05, 0.1) is 0 Å². The Hall–Kier alpha value is 0.870. The molecule has 3 heteroatoms. The number of rotatable bonds is 12. The van der Waals surface area contributed by atoms with Crippen LogP contribution < -0.4 is 0 Å². The van der Waals surface area contributed by atoms with Crippen molar-refractivity contribution in [1.82, 2.24) is 0 Å². The molecule has 0 saturated heterocycles. The van der Waals surface area contributed by atoms with Gasteiger partial charge in [-0.2, -0.15) is 0 Å². The van der Waals surface area contributed by atoms with Crippen molar-refractivity contribution >= 4 is 34.8 Å². The molecular formula is C14H27Cl3. The fraction of sp³-hybridized carbons (Fsp3) is 1.00. The van der Waals surface area contributed by atoms with Crippen LogP contribution in [0.1, 0.15) is 71.1 Å². The molecule has 0 nitrogen and oxygen atoms in total. The second-order valence-electron chi connectivity index (χ2n) is 4.81. The SMILES string of the molecule is CCCCCCCC(Cl)CCCC(Cl)CCCl. The Morgan fingerprint density at radius 3 is 1.82 bits per heavy atom. The zero-order valence-corrected chi connectivity index (χ0v) is 13.3. The third-order valence-electron chi connectivity index (χ3n) is 3.08. The highest BCUT2D eigenvalue weighted by atomic mass is 35.5. The maximum Gasteiger partial charge on any atom is 0.0347 e. The van der Waals surface area contributed by atoms with E-state index in [1.807, 2.05) is 0 Å². The Bertz CT molecular complexity index is 150. The molecule has 0 aromatic heterocycles. The summed E-state index contributed by atoms with van der Waals surface area (Å²) in [5.41, 5.74) is 0. The molecule has 0 aliphatic carbocycles. The molecule has 2 atom stereocenters. The smallest absolute Gasteiger partial charge is 0.0347 e. The summed E-state index contributed by atoms with van der Waals surface area (Å²) < 4.78 is 0. The second kappa shape index (κ2) is 13.3. The lowest BCUT2D eigenvalue weighted by atomic mass is 10.0. The van der Waals surface area contributed by atoms with E-state index in [0.29, 0.717) is 11.3 Å². The second-order valence-corrected chi connectivity index (χ2v) is 6.42. The van der Waals surface area contributed by atoms with E-state index in [-0.39, 0.29) is 5.38 Å². The van der Waals surface area contributed by atoms with E-state index >= 15 is 0 Å². The maximum atomic E-state index is 6.29. The summed E-state index contributed by atoms with van der Waals surface area (Å²) in [5, 5.41) is 0.581. The lowest BCUT2D eigenvalue weighted by Gasteiger charge is -2.11. The van der Waals surface area contributed by atoms with Crippen LogP contribution in [0.5, 0.6) is 0 Å². The monoisotopic (exact) mass is 300 g/mol. The van der Waals surface area contributed by atoms with Crippen molar-refractivity contribution in [1.29, 1.82) is 0 Å². The summed E-state index contributed by atoms with van der Waals surface area (Å²) in [5.74, 6) is 0.663. The van der Waals surface area contributed by atoms with Gasteiger partial charge < -0.3 is 0 Å². The van der Waals surface area contributed by atoms with Gasteiger partial charge in [-0.05, 0) is 25.7 Å². The van der Waals surface area contributed by atoms with E-state index in [1.165, 1.54) is 32.1 Å². The largest absolute Gasteiger partial charge is 0.127 e. The minimum absolute atomic E-state index is 0.237. The minimum Gasteiger partial charge on any atom is -0.127 e. The topological polar surface area (TPSA) is 0 Å². The first-order valence-corrected chi connectivity index (χ1v) is 8.45. The van der Waals surface area contributed by atoms with Gasteiger partial charge in [-0.25, -0.2) is 0 Å². The minimum atomic E-state index is 0.237. The molecule has 0 aromatic carbocycles. The summed E-state index contributed by atoms with van der Waals surface area (Å²) >= 11 is 18.0. The Morgan fingerprint density at radius 2 is 1.24 bits per heavy atom. The molecule has 0 amide bonds. The lowest BCUT2D eigenvalue weighted by molar-refractivity contribution is 0.555. The predicted molar refractivity (Wildman–Crippen MR) is 81.8 cm³/mol. The molecule has 0 N–H and O–H groups in total. The molecule has 0 aromatic rings. The highest BCUT2D eigenvalue weighted by molar-refractivity contribution is 6.22. The Morgan fingerprint density at radius 1 is 0.706 bits per heavy atom. The molecule has 0 bridgehead atoms. The summed E-state index contributed by atoms with van der Waals surface area (Å²) in [6.45, 7) is 2.24. The van der Waals surface area contributed by atoms with E-state index in [2.05, 4.69) is 6.92 Å². The van der Waals surface area contributed by atoms with Crippen molar-refractivity contribution in [2.24, 2.45) is 0 Å². The normalized spacial score (nSPS) is 14.8. The zero-order valence-electron chi connectivity index (χ0n) is 11.1. The van der Waals surface area contributed by atoms with Gasteiger partial charge in [0.1, 0.15) is 0 Å². The lowest BCUT2D eigenvalue weighted by Crippen LogP contribution is -2.03. The first-order chi connectivity index (χ1) is 8.20. The molecule has 2 unspecified atom stereocenters. The van der Waals surface area contributed by atoms with Gasteiger partial charge in [-0.15, -0.1) is 34.8 Å². The van der Waals surface area contributed by atoms with Gasteiger partial charge in [-0.3, -0.25) is 0 Å². The number of hydrogen-bond acceptors (Lipinski definition) is 0. The molecule has 0 aliphatic rings. The highest BCUT2D eigenvalue weighted by Gasteiger charge is 2.07. The third kappa shape index (κ3) is 13.1. The third-order valence-corrected chi connectivity index (χ3v) is 4.17. The number of unbranched alkanes of at least 4 members (excludes halogenated alkanes) is 4. The van der Waals surface area contributed by atoms with Crippen LogP contribution in [-0.4, -0.2) is 16.6 Å². The predicted octanol–water partition coefficient (Wildman–Crippen LogP) is 6.36. The van der Waals surface area contributed by atoms with Crippen LogP contribution in [0.3, 0.4) is 0 Å². The van der Waals surface area contributed by atoms with Crippen molar-refractivity contribution in [2.45, 2.75) is 81.9 Å². The van der Waals surface area contributed by atoms with Crippen LogP contribution in [0.2, 0.25) is 0 Å². The van der Waals surface area contributed by atoms with Gasteiger partial charge in [0.25, 0.3) is 0 Å². The summed E-state index contributed by atoms with van der Waals surface area (Å²) in [6.07, 6.45) is 12.0. The van der Waals surface area contributed by atoms with Crippen molar-refractivity contribution < 1.29 is 0 Å². The van der Waals surface area contributed by atoms with Gasteiger partial charge in [0.2, 0.25) is 0 Å². The van der Waals surface area contributed by atoms with Gasteiger partial charge >= 0.3 is 0 Å². The highest BCUT2D eigenvalue weighted by Crippen LogP contribution is 2.19. The van der Waals surface area contributed by atoms with Gasteiger partial charge in [0.15, 0.2) is 0 Å². The van der Waals surface area contributed by atoms with Crippen molar-refractivity contribution in [3.05, 3.63) is 0 Å². The average Bonchev–Trinajstić information content (AvgIpc) is 2.29. The Balaban J connectivity index is 3.25. The fourth-order valence-corrected chi connectivity index (χ4v) is 2.88. The van der Waals surface area contributed by atoms with Crippen LogP contribution in [0.4, 0.5) is 0 Å². The maximum absolute atomic E-state index is 6.29. The van der Waals surface area contributed by atoms with Crippen LogP contribution in [-0.2, 0) is 0 Å². The van der Waals surface area contributed by atoms with E-state index < -0.39 is 0 Å². The molecule has 104 valence electrons. The molecule has 0 fully saturated rings. The van der Waals surface area contributed by atoms with Crippen LogP contribution in [0.25, 0.3) is 0 Å². The number of alkyl halides is 3. The summed E-state index contributed by atoms with van der Waals surface area (Å²) in [4.78, 5) is 0.